The van der Waals surface area contributed by atoms with Crippen LogP contribution in [0.1, 0.15) is 16.7 Å². The summed E-state index contributed by atoms with van der Waals surface area (Å²) in [6.45, 7) is 0. The predicted molar refractivity (Wildman–Crippen MR) is 83.5 cm³/mol. The van der Waals surface area contributed by atoms with Gasteiger partial charge in [0, 0.05) is 16.7 Å². The highest BCUT2D eigenvalue weighted by molar-refractivity contribution is 5.56. The molecule has 3 aromatic rings. The van der Waals surface area contributed by atoms with E-state index < -0.39 is 57.1 Å². The molecule has 7 heteroatoms. The molecule has 134 valence electrons. The van der Waals surface area contributed by atoms with Crippen LogP contribution in [0.25, 0.3) is 0 Å². The van der Waals surface area contributed by atoms with Gasteiger partial charge in [-0.25, -0.2) is 22.0 Å². The van der Waals surface area contributed by atoms with Crippen LogP contribution < -0.4 is 0 Å². The quantitative estimate of drug-likeness (QED) is 0.299. The van der Waals surface area contributed by atoms with Crippen molar-refractivity contribution in [1.29, 1.82) is 0 Å². The molecular formula is C19H11F5O2. The molecule has 2 N–H and O–H groups in total. The summed E-state index contributed by atoms with van der Waals surface area (Å²) in [5.41, 5.74) is -5.58. The van der Waals surface area contributed by atoms with Gasteiger partial charge in [-0.3, -0.25) is 0 Å². The predicted octanol–water partition coefficient (Wildman–Crippen LogP) is 4.92. The molecular weight excluding hydrogens is 355 g/mol. The molecule has 0 saturated carbocycles. The van der Waals surface area contributed by atoms with Crippen LogP contribution >= 0.6 is 0 Å². The Hall–Kier alpha value is -3.09. The van der Waals surface area contributed by atoms with E-state index in [2.05, 4.69) is 0 Å². The van der Waals surface area contributed by atoms with E-state index in [0.29, 0.717) is 0 Å². The van der Waals surface area contributed by atoms with Crippen molar-refractivity contribution in [3.05, 3.63) is 94.6 Å². The molecule has 0 atom stereocenters. The van der Waals surface area contributed by atoms with Gasteiger partial charge in [-0.1, -0.05) is 36.4 Å². The minimum atomic E-state index is -3.20. The van der Waals surface area contributed by atoms with Crippen LogP contribution in [0.5, 0.6) is 11.5 Å². The number of aromatic hydroxyl groups is 2. The fraction of sp³-hybridized carbons (Fsp3) is 0.0526. The summed E-state index contributed by atoms with van der Waals surface area (Å²) >= 11 is 0. The molecule has 0 radical (unpaired) electrons. The van der Waals surface area contributed by atoms with E-state index in [4.69, 9.17) is 0 Å². The van der Waals surface area contributed by atoms with Gasteiger partial charge < -0.3 is 10.2 Å². The first kappa shape index (κ1) is 17.7. The fourth-order valence-electron chi connectivity index (χ4n) is 2.79. The molecule has 0 aliphatic heterocycles. The molecule has 0 aliphatic carbocycles. The Kier molecular flexibility index (Phi) is 4.31. The van der Waals surface area contributed by atoms with Crippen LogP contribution in [-0.2, 0) is 5.67 Å². The maximum Gasteiger partial charge on any atom is 0.197 e. The summed E-state index contributed by atoms with van der Waals surface area (Å²) in [5, 5.41) is 20.1. The molecule has 0 saturated heterocycles. The lowest BCUT2D eigenvalue weighted by molar-refractivity contribution is 0.248. The first-order valence-electron chi connectivity index (χ1n) is 7.37. The Morgan fingerprint density at radius 1 is 0.615 bits per heavy atom. The number of hydrogen-bond donors (Lipinski definition) is 2. The van der Waals surface area contributed by atoms with Gasteiger partial charge in [-0.05, 0) is 18.2 Å². The Balaban J connectivity index is 2.45. The van der Waals surface area contributed by atoms with Gasteiger partial charge in [0.25, 0.3) is 0 Å². The first-order valence-corrected chi connectivity index (χ1v) is 7.37. The molecule has 0 bridgehead atoms. The highest BCUT2D eigenvalue weighted by Crippen LogP contribution is 2.48. The summed E-state index contributed by atoms with van der Waals surface area (Å²) in [6.07, 6.45) is 0. The van der Waals surface area contributed by atoms with Crippen LogP contribution in [-0.4, -0.2) is 10.2 Å². The summed E-state index contributed by atoms with van der Waals surface area (Å²) < 4.78 is 71.4. The second kappa shape index (κ2) is 6.33. The highest BCUT2D eigenvalue weighted by atomic mass is 19.2. The topological polar surface area (TPSA) is 40.5 Å². The molecule has 3 aromatic carbocycles. The second-order valence-corrected chi connectivity index (χ2v) is 5.54. The lowest BCUT2D eigenvalue weighted by Gasteiger charge is -2.29. The number of alkyl halides is 1. The number of rotatable bonds is 3. The van der Waals surface area contributed by atoms with Crippen LogP contribution in [0.4, 0.5) is 22.0 Å². The van der Waals surface area contributed by atoms with Crippen molar-refractivity contribution in [3.63, 3.8) is 0 Å². The minimum absolute atomic E-state index is 0.159. The minimum Gasteiger partial charge on any atom is -0.508 e. The lowest BCUT2D eigenvalue weighted by Crippen LogP contribution is -2.26. The van der Waals surface area contributed by atoms with Gasteiger partial charge in [-0.15, -0.1) is 0 Å². The van der Waals surface area contributed by atoms with Crippen LogP contribution in [0, 0.1) is 23.3 Å². The molecule has 0 aliphatic rings. The molecule has 0 unspecified atom stereocenters. The van der Waals surface area contributed by atoms with Crippen molar-refractivity contribution in [2.24, 2.45) is 0 Å². The Labute approximate surface area is 144 Å². The van der Waals surface area contributed by atoms with Crippen LogP contribution in [0.15, 0.2) is 54.6 Å². The highest BCUT2D eigenvalue weighted by Gasteiger charge is 2.44. The summed E-state index contributed by atoms with van der Waals surface area (Å²) in [6, 6.07) is 9.75. The first-order chi connectivity index (χ1) is 12.3. The van der Waals surface area contributed by atoms with Crippen molar-refractivity contribution >= 4 is 0 Å². The van der Waals surface area contributed by atoms with Crippen molar-refractivity contribution in [2.45, 2.75) is 5.67 Å². The number of benzene rings is 3. The second-order valence-electron chi connectivity index (χ2n) is 5.54. The number of phenols is 2. The average molecular weight is 366 g/mol. The fourth-order valence-corrected chi connectivity index (χ4v) is 2.79. The molecule has 0 aromatic heterocycles. The zero-order chi connectivity index (χ0) is 19.1. The Morgan fingerprint density at radius 2 is 1.08 bits per heavy atom. The zero-order valence-corrected chi connectivity index (χ0v) is 13.0. The zero-order valence-electron chi connectivity index (χ0n) is 13.0. The standard InChI is InChI=1S/C19H11F5O2/c20-13-9-12(16(21)18(23)17(13)22)19(24,10-5-1-3-7-14(10)25)11-6-2-4-8-15(11)26/h1-9,25-26H. The van der Waals surface area contributed by atoms with Gasteiger partial charge in [0.05, 0.1) is 0 Å². The largest absolute Gasteiger partial charge is 0.508 e. The summed E-state index contributed by atoms with van der Waals surface area (Å²) in [4.78, 5) is 0. The van der Waals surface area contributed by atoms with Crippen molar-refractivity contribution in [1.82, 2.24) is 0 Å². The van der Waals surface area contributed by atoms with Gasteiger partial charge in [0.2, 0.25) is 0 Å². The summed E-state index contributed by atoms with van der Waals surface area (Å²) in [7, 11) is 0. The molecule has 0 heterocycles. The van der Waals surface area contributed by atoms with Gasteiger partial charge in [0.15, 0.2) is 28.9 Å². The molecule has 26 heavy (non-hydrogen) atoms. The third-order valence-corrected chi connectivity index (χ3v) is 4.02. The van der Waals surface area contributed by atoms with E-state index in [9.17, 15) is 27.8 Å². The normalized spacial score (nSPS) is 11.6. The monoisotopic (exact) mass is 366 g/mol. The third-order valence-electron chi connectivity index (χ3n) is 4.02. The van der Waals surface area contributed by atoms with Gasteiger partial charge in [0.1, 0.15) is 11.5 Å². The number of halogens is 5. The SMILES string of the molecule is Oc1ccccc1C(F)(c1ccccc1O)c1cc(F)c(F)c(F)c1F. The van der Waals surface area contributed by atoms with Gasteiger partial charge >= 0.3 is 0 Å². The molecule has 3 rings (SSSR count). The van der Waals surface area contributed by atoms with Crippen molar-refractivity contribution < 1.29 is 32.2 Å². The van der Waals surface area contributed by atoms with Crippen molar-refractivity contribution in [3.8, 4) is 11.5 Å². The van der Waals surface area contributed by atoms with Crippen molar-refractivity contribution in [2.75, 3.05) is 0 Å². The average Bonchev–Trinajstić information content (AvgIpc) is 2.63. The number of para-hydroxylation sites is 2. The number of hydrogen-bond acceptors (Lipinski definition) is 2. The summed E-state index contributed by atoms with van der Waals surface area (Å²) in [5.74, 6) is -9.38. The van der Waals surface area contributed by atoms with Gasteiger partial charge in [-0.2, -0.15) is 0 Å². The molecule has 2 nitrogen and oxygen atoms in total. The third kappa shape index (κ3) is 2.56. The van der Waals surface area contributed by atoms with E-state index in [0.717, 1.165) is 24.3 Å². The molecule has 0 amide bonds. The lowest BCUT2D eigenvalue weighted by atomic mass is 9.80. The number of phenolic OH excluding ortho intramolecular Hbond substituents is 2. The Bertz CT molecular complexity index is 942. The maximum atomic E-state index is 16.2. The van der Waals surface area contributed by atoms with E-state index in [-0.39, 0.29) is 6.07 Å². The maximum absolute atomic E-state index is 16.2. The molecule has 0 spiro atoms. The van der Waals surface area contributed by atoms with Crippen LogP contribution in [0.3, 0.4) is 0 Å². The van der Waals surface area contributed by atoms with E-state index >= 15 is 4.39 Å². The Morgan fingerprint density at radius 3 is 1.54 bits per heavy atom. The van der Waals surface area contributed by atoms with Crippen LogP contribution in [0.2, 0.25) is 0 Å². The van der Waals surface area contributed by atoms with E-state index in [1.165, 1.54) is 24.3 Å². The van der Waals surface area contributed by atoms with E-state index in [1.54, 1.807) is 0 Å². The smallest absolute Gasteiger partial charge is 0.197 e. The van der Waals surface area contributed by atoms with E-state index in [1.807, 2.05) is 0 Å². The molecule has 0 fully saturated rings.